The normalized spacial score (nSPS) is 20.3. The Balaban J connectivity index is 2.33. The first kappa shape index (κ1) is 16.1. The molecule has 0 saturated heterocycles. The van der Waals surface area contributed by atoms with Gasteiger partial charge in [0.05, 0.1) is 6.42 Å². The Morgan fingerprint density at radius 1 is 1.26 bits per heavy atom. The molecule has 2 N–H and O–H groups in total. The average Bonchev–Trinajstić information content (AvgIpc) is 2.56. The zero-order valence-electron chi connectivity index (χ0n) is 11.4. The van der Waals surface area contributed by atoms with Gasteiger partial charge in [-0.1, -0.05) is 32.6 Å². The van der Waals surface area contributed by atoms with Crippen LogP contribution in [0.2, 0.25) is 0 Å². The van der Waals surface area contributed by atoms with Crippen LogP contribution in [0, 0.1) is 0 Å². The number of hydrogen-bond donors (Lipinski definition) is 2. The van der Waals surface area contributed by atoms with Crippen LogP contribution in [0.25, 0.3) is 0 Å². The first-order chi connectivity index (χ1) is 8.99. The maximum absolute atomic E-state index is 11.8. The van der Waals surface area contributed by atoms with Crippen molar-refractivity contribution in [3.05, 3.63) is 0 Å². The number of carboxylic acids is 1. The molecule has 1 aliphatic carbocycles. The van der Waals surface area contributed by atoms with Gasteiger partial charge in [-0.3, -0.25) is 13.8 Å². The number of carbonyl (C=O) groups excluding carboxylic acids is 1. The molecule has 0 aromatic rings. The Kier molecular flexibility index (Phi) is 7.05. The van der Waals surface area contributed by atoms with Crippen molar-refractivity contribution in [3.63, 3.8) is 0 Å². The number of amides is 1. The van der Waals surface area contributed by atoms with E-state index in [1.54, 1.807) is 6.92 Å². The van der Waals surface area contributed by atoms with Crippen LogP contribution in [0.5, 0.6) is 0 Å². The van der Waals surface area contributed by atoms with Crippen LogP contribution < -0.4 is 5.32 Å². The van der Waals surface area contributed by atoms with Crippen LogP contribution in [-0.2, 0) is 20.4 Å². The minimum atomic E-state index is -1.42. The highest BCUT2D eigenvalue weighted by molar-refractivity contribution is 7.86. The summed E-state index contributed by atoms with van der Waals surface area (Å²) in [5.74, 6) is -1.29. The average molecular weight is 289 g/mol. The standard InChI is InChI=1S/C13H23NO4S/c1-10(8-13(16)17)19(18)9-12(15)14-11-6-4-2-3-5-7-11/h10-11H,2-9H2,1H3,(H,14,15)(H,16,17). The van der Waals surface area contributed by atoms with E-state index in [0.29, 0.717) is 0 Å². The van der Waals surface area contributed by atoms with E-state index in [0.717, 1.165) is 25.7 Å². The van der Waals surface area contributed by atoms with Gasteiger partial charge in [0.2, 0.25) is 5.91 Å². The van der Waals surface area contributed by atoms with Gasteiger partial charge in [-0.25, -0.2) is 0 Å². The molecular formula is C13H23NO4S. The third-order valence-corrected chi connectivity index (χ3v) is 5.02. The minimum absolute atomic E-state index is 0.0923. The van der Waals surface area contributed by atoms with Crippen molar-refractivity contribution >= 4 is 22.7 Å². The number of rotatable bonds is 6. The Bertz CT molecular complexity index is 338. The van der Waals surface area contributed by atoms with Crippen molar-refractivity contribution in [3.8, 4) is 0 Å². The van der Waals surface area contributed by atoms with E-state index in [4.69, 9.17) is 5.11 Å². The SMILES string of the molecule is CC(CC(=O)O)S(=O)CC(=O)NC1CCCCCC1. The number of nitrogens with one attached hydrogen (secondary N) is 1. The molecule has 0 bridgehead atoms. The molecule has 2 unspecified atom stereocenters. The number of aliphatic carboxylic acids is 1. The fourth-order valence-electron chi connectivity index (χ4n) is 2.30. The molecule has 0 heterocycles. The van der Waals surface area contributed by atoms with Crippen LogP contribution in [0.3, 0.4) is 0 Å². The summed E-state index contributed by atoms with van der Waals surface area (Å²) in [7, 11) is -1.42. The van der Waals surface area contributed by atoms with Crippen molar-refractivity contribution in [2.24, 2.45) is 0 Å². The van der Waals surface area contributed by atoms with Gasteiger partial charge in [-0.15, -0.1) is 0 Å². The molecule has 1 rings (SSSR count). The Labute approximate surface area is 116 Å². The fraction of sp³-hybridized carbons (Fsp3) is 0.846. The predicted molar refractivity (Wildman–Crippen MR) is 74.4 cm³/mol. The molecule has 0 aromatic carbocycles. The van der Waals surface area contributed by atoms with E-state index >= 15 is 0 Å². The summed E-state index contributed by atoms with van der Waals surface area (Å²) >= 11 is 0. The lowest BCUT2D eigenvalue weighted by molar-refractivity contribution is -0.137. The van der Waals surface area contributed by atoms with Crippen molar-refractivity contribution in [1.29, 1.82) is 0 Å². The van der Waals surface area contributed by atoms with Crippen molar-refractivity contribution in [2.75, 3.05) is 5.75 Å². The fourth-order valence-corrected chi connectivity index (χ4v) is 3.26. The monoisotopic (exact) mass is 289 g/mol. The first-order valence-electron chi connectivity index (χ1n) is 6.87. The van der Waals surface area contributed by atoms with Crippen molar-refractivity contribution in [1.82, 2.24) is 5.32 Å². The van der Waals surface area contributed by atoms with E-state index in [2.05, 4.69) is 5.32 Å². The molecule has 1 amide bonds. The van der Waals surface area contributed by atoms with Gasteiger partial charge in [0.25, 0.3) is 0 Å². The Hall–Kier alpha value is -0.910. The second kappa shape index (κ2) is 8.30. The molecule has 1 saturated carbocycles. The van der Waals surface area contributed by atoms with Gasteiger partial charge >= 0.3 is 5.97 Å². The van der Waals surface area contributed by atoms with Gasteiger partial charge in [-0.2, -0.15) is 0 Å². The second-order valence-electron chi connectivity index (χ2n) is 5.19. The highest BCUT2D eigenvalue weighted by Crippen LogP contribution is 2.17. The second-order valence-corrected chi connectivity index (χ2v) is 7.04. The molecule has 19 heavy (non-hydrogen) atoms. The molecular weight excluding hydrogens is 266 g/mol. The summed E-state index contributed by atoms with van der Waals surface area (Å²) in [6, 6.07) is 0.196. The van der Waals surface area contributed by atoms with Crippen LogP contribution in [0.4, 0.5) is 0 Å². The van der Waals surface area contributed by atoms with E-state index in [1.807, 2.05) is 0 Å². The molecule has 0 aromatic heterocycles. The minimum Gasteiger partial charge on any atom is -0.481 e. The highest BCUT2D eigenvalue weighted by atomic mass is 32.2. The topological polar surface area (TPSA) is 83.5 Å². The zero-order chi connectivity index (χ0) is 14.3. The molecule has 1 aliphatic rings. The van der Waals surface area contributed by atoms with Gasteiger partial charge in [0.1, 0.15) is 5.75 Å². The number of carbonyl (C=O) groups is 2. The largest absolute Gasteiger partial charge is 0.481 e. The van der Waals surface area contributed by atoms with Crippen LogP contribution in [0.1, 0.15) is 51.9 Å². The summed E-state index contributed by atoms with van der Waals surface area (Å²) in [5, 5.41) is 11.1. The summed E-state index contributed by atoms with van der Waals surface area (Å²) in [6.45, 7) is 1.60. The molecule has 0 radical (unpaired) electrons. The van der Waals surface area contributed by atoms with Crippen LogP contribution in [-0.4, -0.2) is 38.2 Å². The molecule has 6 heteroatoms. The maximum atomic E-state index is 11.8. The first-order valence-corrected chi connectivity index (χ1v) is 8.25. The quantitative estimate of drug-likeness (QED) is 0.725. The number of hydrogen-bond acceptors (Lipinski definition) is 3. The summed E-state index contributed by atoms with van der Waals surface area (Å²) in [6.07, 6.45) is 6.50. The molecule has 0 aliphatic heterocycles. The third kappa shape index (κ3) is 6.71. The lowest BCUT2D eigenvalue weighted by atomic mass is 10.1. The van der Waals surface area contributed by atoms with E-state index < -0.39 is 22.0 Å². The molecule has 110 valence electrons. The van der Waals surface area contributed by atoms with Crippen LogP contribution >= 0.6 is 0 Å². The van der Waals surface area contributed by atoms with Gasteiger partial charge < -0.3 is 10.4 Å². The molecule has 2 atom stereocenters. The van der Waals surface area contributed by atoms with Crippen LogP contribution in [0.15, 0.2) is 0 Å². The van der Waals surface area contributed by atoms with E-state index in [-0.39, 0.29) is 24.1 Å². The van der Waals surface area contributed by atoms with Crippen molar-refractivity contribution < 1.29 is 18.9 Å². The van der Waals surface area contributed by atoms with E-state index in [1.165, 1.54) is 12.8 Å². The smallest absolute Gasteiger partial charge is 0.304 e. The molecule has 0 spiro atoms. The Morgan fingerprint density at radius 3 is 2.37 bits per heavy atom. The van der Waals surface area contributed by atoms with E-state index in [9.17, 15) is 13.8 Å². The summed E-state index contributed by atoms with van der Waals surface area (Å²) in [4.78, 5) is 22.3. The molecule has 5 nitrogen and oxygen atoms in total. The predicted octanol–water partition coefficient (Wildman–Crippen LogP) is 1.44. The molecule has 1 fully saturated rings. The van der Waals surface area contributed by atoms with Crippen molar-refractivity contribution in [2.45, 2.75) is 63.2 Å². The summed E-state index contributed by atoms with van der Waals surface area (Å²) in [5.41, 5.74) is 0. The van der Waals surface area contributed by atoms with Gasteiger partial charge in [-0.05, 0) is 12.8 Å². The maximum Gasteiger partial charge on any atom is 0.304 e. The Morgan fingerprint density at radius 2 is 1.84 bits per heavy atom. The summed E-state index contributed by atoms with van der Waals surface area (Å²) < 4.78 is 11.8. The number of carboxylic acid groups (broad SMARTS) is 1. The zero-order valence-corrected chi connectivity index (χ0v) is 12.2. The highest BCUT2D eigenvalue weighted by Gasteiger charge is 2.20. The van der Waals surface area contributed by atoms with Gasteiger partial charge in [0, 0.05) is 22.1 Å². The van der Waals surface area contributed by atoms with Gasteiger partial charge in [0.15, 0.2) is 0 Å². The third-order valence-electron chi connectivity index (χ3n) is 3.40. The lowest BCUT2D eigenvalue weighted by Crippen LogP contribution is -2.38. The lowest BCUT2D eigenvalue weighted by Gasteiger charge is -2.16.